The normalized spacial score (nSPS) is 9.69. The Hall–Kier alpha value is -0.890. The molecule has 0 aromatic heterocycles. The summed E-state index contributed by atoms with van der Waals surface area (Å²) >= 11 is 5.54. The molecule has 0 saturated heterocycles. The van der Waals surface area contributed by atoms with E-state index in [1.807, 2.05) is 25.2 Å². The fraction of sp³-hybridized carbons (Fsp3) is 0.400. The van der Waals surface area contributed by atoms with Gasteiger partial charge >= 0.3 is 0 Å². The molecular formula is C10H13ClNO. The third kappa shape index (κ3) is 3.15. The average Bonchev–Trinajstić information content (AvgIpc) is 2.19. The van der Waals surface area contributed by atoms with Crippen molar-refractivity contribution in [3.63, 3.8) is 0 Å². The van der Waals surface area contributed by atoms with Crippen LogP contribution in [0.2, 0.25) is 0 Å². The van der Waals surface area contributed by atoms with Gasteiger partial charge in [0.1, 0.15) is 5.75 Å². The molecule has 13 heavy (non-hydrogen) atoms. The molecule has 71 valence electrons. The second kappa shape index (κ2) is 5.70. The highest BCUT2D eigenvalue weighted by molar-refractivity contribution is 6.17. The van der Waals surface area contributed by atoms with E-state index in [1.165, 1.54) is 0 Å². The maximum absolute atomic E-state index is 5.54. The standard InChI is InChI=1S/C10H13ClNO/c1-12-9-5-2-3-6-10(9)13-8-4-7-11/h3,5-6,12H,4,7-8H2,1H3. The van der Waals surface area contributed by atoms with Gasteiger partial charge in [-0.25, -0.2) is 0 Å². The van der Waals surface area contributed by atoms with Gasteiger partial charge in [0.15, 0.2) is 0 Å². The summed E-state index contributed by atoms with van der Waals surface area (Å²) in [5, 5.41) is 3.03. The summed E-state index contributed by atoms with van der Waals surface area (Å²) in [6.45, 7) is 0.655. The van der Waals surface area contributed by atoms with Crippen molar-refractivity contribution in [3.8, 4) is 5.75 Å². The van der Waals surface area contributed by atoms with Gasteiger partial charge in [0.2, 0.25) is 0 Å². The van der Waals surface area contributed by atoms with Crippen molar-refractivity contribution >= 4 is 17.3 Å². The van der Waals surface area contributed by atoms with Gasteiger partial charge in [0.25, 0.3) is 0 Å². The van der Waals surface area contributed by atoms with Gasteiger partial charge in [-0.2, -0.15) is 0 Å². The lowest BCUT2D eigenvalue weighted by molar-refractivity contribution is 0.320. The van der Waals surface area contributed by atoms with Crippen molar-refractivity contribution in [2.24, 2.45) is 0 Å². The van der Waals surface area contributed by atoms with Crippen LogP contribution in [0.1, 0.15) is 6.42 Å². The maximum Gasteiger partial charge on any atom is 0.142 e. The van der Waals surface area contributed by atoms with Crippen LogP contribution in [0.5, 0.6) is 5.75 Å². The molecule has 0 spiro atoms. The van der Waals surface area contributed by atoms with Crippen molar-refractivity contribution in [2.75, 3.05) is 24.9 Å². The Bertz CT molecular complexity index is 252. The van der Waals surface area contributed by atoms with Crippen LogP contribution in [0.3, 0.4) is 0 Å². The Morgan fingerprint density at radius 1 is 1.62 bits per heavy atom. The number of rotatable bonds is 5. The fourth-order valence-electron chi connectivity index (χ4n) is 0.974. The van der Waals surface area contributed by atoms with Crippen molar-refractivity contribution in [1.29, 1.82) is 0 Å². The first kappa shape index (κ1) is 10.2. The molecule has 1 aromatic rings. The Balaban J connectivity index is 2.54. The first-order valence-electron chi connectivity index (χ1n) is 4.25. The van der Waals surface area contributed by atoms with Gasteiger partial charge in [-0.05, 0) is 24.6 Å². The average molecular weight is 199 g/mol. The van der Waals surface area contributed by atoms with E-state index < -0.39 is 0 Å². The molecule has 1 rings (SSSR count). The third-order valence-electron chi connectivity index (χ3n) is 1.63. The van der Waals surface area contributed by atoms with E-state index in [0.29, 0.717) is 12.5 Å². The molecule has 0 fully saturated rings. The number of nitrogens with one attached hydrogen (secondary N) is 1. The molecule has 0 aliphatic carbocycles. The summed E-state index contributed by atoms with van der Waals surface area (Å²) < 4.78 is 5.50. The number of halogens is 1. The van der Waals surface area contributed by atoms with Crippen LogP contribution in [0.15, 0.2) is 18.2 Å². The minimum Gasteiger partial charge on any atom is -0.491 e. The van der Waals surface area contributed by atoms with Crippen molar-refractivity contribution in [1.82, 2.24) is 0 Å². The van der Waals surface area contributed by atoms with Crippen molar-refractivity contribution < 1.29 is 4.74 Å². The van der Waals surface area contributed by atoms with Gasteiger partial charge in [-0.1, -0.05) is 6.07 Å². The number of alkyl halides is 1. The van der Waals surface area contributed by atoms with Gasteiger partial charge < -0.3 is 10.1 Å². The summed E-state index contributed by atoms with van der Waals surface area (Å²) in [5.74, 6) is 1.49. The molecule has 3 heteroatoms. The quantitative estimate of drug-likeness (QED) is 0.580. The number of ether oxygens (including phenoxy) is 1. The lowest BCUT2D eigenvalue weighted by Gasteiger charge is -2.09. The summed E-state index contributed by atoms with van der Waals surface area (Å²) in [6, 6.07) is 8.55. The van der Waals surface area contributed by atoms with Crippen molar-refractivity contribution in [3.05, 3.63) is 24.3 Å². The maximum atomic E-state index is 5.54. The zero-order valence-corrected chi connectivity index (χ0v) is 8.40. The lowest BCUT2D eigenvalue weighted by Crippen LogP contribution is -2.00. The Morgan fingerprint density at radius 2 is 2.46 bits per heavy atom. The molecule has 0 heterocycles. The SMILES string of the molecule is CNc1c[c]ccc1OCCCCl. The highest BCUT2D eigenvalue weighted by Crippen LogP contribution is 2.22. The van der Waals surface area contributed by atoms with Gasteiger partial charge in [0, 0.05) is 12.9 Å². The first-order chi connectivity index (χ1) is 6.38. The molecule has 0 amide bonds. The zero-order chi connectivity index (χ0) is 9.52. The topological polar surface area (TPSA) is 21.3 Å². The van der Waals surface area contributed by atoms with E-state index in [-0.39, 0.29) is 0 Å². The van der Waals surface area contributed by atoms with Gasteiger partial charge in [-0.15, -0.1) is 11.6 Å². The smallest absolute Gasteiger partial charge is 0.142 e. The largest absolute Gasteiger partial charge is 0.491 e. The molecule has 0 atom stereocenters. The number of benzene rings is 1. The van der Waals surface area contributed by atoms with E-state index in [4.69, 9.17) is 16.3 Å². The number of anilines is 1. The molecule has 2 nitrogen and oxygen atoms in total. The Kier molecular flexibility index (Phi) is 4.47. The second-order valence-electron chi connectivity index (χ2n) is 2.56. The minimum atomic E-state index is 0.633. The van der Waals surface area contributed by atoms with Crippen LogP contribution in [0.25, 0.3) is 0 Å². The lowest BCUT2D eigenvalue weighted by atomic mass is 10.3. The molecule has 0 aliphatic heterocycles. The second-order valence-corrected chi connectivity index (χ2v) is 2.94. The predicted molar refractivity (Wildman–Crippen MR) is 55.7 cm³/mol. The van der Waals surface area contributed by atoms with E-state index in [9.17, 15) is 0 Å². The molecular weight excluding hydrogens is 186 g/mol. The molecule has 1 aromatic carbocycles. The van der Waals surface area contributed by atoms with Crippen LogP contribution in [0, 0.1) is 6.07 Å². The van der Waals surface area contributed by atoms with E-state index >= 15 is 0 Å². The number of hydrogen-bond acceptors (Lipinski definition) is 2. The molecule has 1 N–H and O–H groups in total. The van der Waals surface area contributed by atoms with Crippen LogP contribution < -0.4 is 10.1 Å². The zero-order valence-electron chi connectivity index (χ0n) is 7.64. The third-order valence-corrected chi connectivity index (χ3v) is 1.90. The van der Waals surface area contributed by atoms with Crippen LogP contribution in [-0.4, -0.2) is 19.5 Å². The van der Waals surface area contributed by atoms with Gasteiger partial charge in [0.05, 0.1) is 12.3 Å². The highest BCUT2D eigenvalue weighted by Gasteiger charge is 1.99. The summed E-state index contributed by atoms with van der Waals surface area (Å²) in [4.78, 5) is 0. The summed E-state index contributed by atoms with van der Waals surface area (Å²) in [6.07, 6.45) is 0.864. The number of hydrogen-bond donors (Lipinski definition) is 1. The van der Waals surface area contributed by atoms with Gasteiger partial charge in [-0.3, -0.25) is 0 Å². The molecule has 0 saturated carbocycles. The minimum absolute atomic E-state index is 0.633. The van der Waals surface area contributed by atoms with Crippen LogP contribution >= 0.6 is 11.6 Å². The molecule has 1 radical (unpaired) electrons. The predicted octanol–water partition coefficient (Wildman–Crippen LogP) is 2.54. The fourth-order valence-corrected chi connectivity index (χ4v) is 1.08. The van der Waals surface area contributed by atoms with E-state index in [0.717, 1.165) is 17.9 Å². The molecule has 0 aliphatic rings. The van der Waals surface area contributed by atoms with Crippen LogP contribution in [-0.2, 0) is 0 Å². The Morgan fingerprint density at radius 3 is 3.15 bits per heavy atom. The summed E-state index contributed by atoms with van der Waals surface area (Å²) in [5.41, 5.74) is 0.956. The highest BCUT2D eigenvalue weighted by atomic mass is 35.5. The first-order valence-corrected chi connectivity index (χ1v) is 4.78. The van der Waals surface area contributed by atoms with E-state index in [2.05, 4.69) is 11.4 Å². The van der Waals surface area contributed by atoms with Crippen LogP contribution in [0.4, 0.5) is 5.69 Å². The molecule has 0 unspecified atom stereocenters. The summed E-state index contributed by atoms with van der Waals surface area (Å²) in [7, 11) is 1.86. The van der Waals surface area contributed by atoms with Crippen molar-refractivity contribution in [2.45, 2.75) is 6.42 Å². The monoisotopic (exact) mass is 198 g/mol. The molecule has 0 bridgehead atoms. The Labute approximate surface area is 83.9 Å². The van der Waals surface area contributed by atoms with E-state index in [1.54, 1.807) is 0 Å².